The van der Waals surface area contributed by atoms with Crippen molar-refractivity contribution in [1.29, 1.82) is 0 Å². The maximum Gasteiger partial charge on any atom is 0.126 e. The molecule has 2 bridgehead atoms. The van der Waals surface area contributed by atoms with Crippen LogP contribution in [0.3, 0.4) is 0 Å². The first kappa shape index (κ1) is 7.08. The van der Waals surface area contributed by atoms with Gasteiger partial charge in [-0.15, -0.1) is 0 Å². The van der Waals surface area contributed by atoms with Crippen molar-refractivity contribution in [3.8, 4) is 0 Å². The third kappa shape index (κ3) is 0.688. The van der Waals surface area contributed by atoms with Gasteiger partial charge in [-0.3, -0.25) is 0 Å². The molecule has 0 saturated heterocycles. The zero-order valence-corrected chi connectivity index (χ0v) is 7.08. The van der Waals surface area contributed by atoms with Crippen molar-refractivity contribution in [2.75, 3.05) is 0 Å². The molecule has 0 aromatic heterocycles. The van der Waals surface area contributed by atoms with E-state index in [9.17, 15) is 4.79 Å². The van der Waals surface area contributed by atoms with Crippen LogP contribution in [0.4, 0.5) is 0 Å². The van der Waals surface area contributed by atoms with Crippen molar-refractivity contribution in [2.24, 2.45) is 23.2 Å². The van der Waals surface area contributed by atoms with Crippen molar-refractivity contribution in [2.45, 2.75) is 20.3 Å². The maximum absolute atomic E-state index is 10.9. The molecule has 1 nitrogen and oxygen atoms in total. The van der Waals surface area contributed by atoms with E-state index in [-0.39, 0.29) is 5.41 Å². The van der Waals surface area contributed by atoms with E-state index in [2.05, 4.69) is 26.0 Å². The van der Waals surface area contributed by atoms with Crippen LogP contribution in [0.2, 0.25) is 0 Å². The van der Waals surface area contributed by atoms with Crippen molar-refractivity contribution in [1.82, 2.24) is 0 Å². The first-order chi connectivity index (χ1) is 5.18. The van der Waals surface area contributed by atoms with Crippen LogP contribution in [0.15, 0.2) is 12.2 Å². The number of hydrogen-bond donors (Lipinski definition) is 0. The fourth-order valence-corrected chi connectivity index (χ4v) is 2.55. The smallest absolute Gasteiger partial charge is 0.126 e. The molecule has 60 valence electrons. The van der Waals surface area contributed by atoms with Gasteiger partial charge in [-0.05, 0) is 24.2 Å². The van der Waals surface area contributed by atoms with E-state index in [4.69, 9.17) is 0 Å². The monoisotopic (exact) mass is 150 g/mol. The van der Waals surface area contributed by atoms with Gasteiger partial charge in [0.1, 0.15) is 6.29 Å². The number of carbonyl (C=O) groups is 1. The minimum atomic E-state index is -0.0561. The topological polar surface area (TPSA) is 17.1 Å². The molecular weight excluding hydrogens is 136 g/mol. The summed E-state index contributed by atoms with van der Waals surface area (Å²) in [6, 6.07) is 0. The van der Waals surface area contributed by atoms with E-state index in [1.165, 1.54) is 6.42 Å². The number of allylic oxidation sites excluding steroid dienone is 2. The molecule has 0 aromatic carbocycles. The van der Waals surface area contributed by atoms with Crippen molar-refractivity contribution in [3.63, 3.8) is 0 Å². The molecule has 0 N–H and O–H groups in total. The van der Waals surface area contributed by atoms with Gasteiger partial charge < -0.3 is 4.79 Å². The summed E-state index contributed by atoms with van der Waals surface area (Å²) in [7, 11) is 0. The van der Waals surface area contributed by atoms with Gasteiger partial charge in [-0.1, -0.05) is 26.0 Å². The molecule has 11 heavy (non-hydrogen) atoms. The molecule has 2 aliphatic carbocycles. The zero-order chi connectivity index (χ0) is 8.06. The molecule has 4 atom stereocenters. The van der Waals surface area contributed by atoms with Crippen LogP contribution in [0.25, 0.3) is 0 Å². The van der Waals surface area contributed by atoms with E-state index in [0.717, 1.165) is 6.29 Å². The molecule has 1 heteroatoms. The predicted molar refractivity (Wildman–Crippen MR) is 44.1 cm³/mol. The lowest BCUT2D eigenvalue weighted by atomic mass is 9.72. The van der Waals surface area contributed by atoms with Crippen molar-refractivity contribution < 1.29 is 4.79 Å². The quantitative estimate of drug-likeness (QED) is 0.413. The third-order valence-corrected chi connectivity index (χ3v) is 3.79. The summed E-state index contributed by atoms with van der Waals surface area (Å²) in [6.45, 7) is 4.29. The lowest BCUT2D eigenvalue weighted by Gasteiger charge is -2.30. The molecule has 1 fully saturated rings. The highest BCUT2D eigenvalue weighted by molar-refractivity contribution is 5.62. The van der Waals surface area contributed by atoms with Crippen molar-refractivity contribution >= 4 is 6.29 Å². The second-order valence-electron chi connectivity index (χ2n) is 4.16. The number of carbonyl (C=O) groups excluding carboxylic acids is 1. The summed E-state index contributed by atoms with van der Waals surface area (Å²) in [4.78, 5) is 10.9. The normalized spacial score (nSPS) is 53.5. The van der Waals surface area contributed by atoms with Gasteiger partial charge in [0.05, 0.1) is 0 Å². The Morgan fingerprint density at radius 1 is 1.55 bits per heavy atom. The highest BCUT2D eigenvalue weighted by Crippen LogP contribution is 2.54. The average Bonchev–Trinajstić information content (AvgIpc) is 2.56. The minimum absolute atomic E-state index is 0.0561. The Balaban J connectivity index is 2.38. The number of aldehydes is 1. The number of hydrogen-bond acceptors (Lipinski definition) is 1. The van der Waals surface area contributed by atoms with Gasteiger partial charge in [0.25, 0.3) is 0 Å². The van der Waals surface area contributed by atoms with Crippen LogP contribution in [0, 0.1) is 23.2 Å². The molecule has 0 spiro atoms. The Bertz CT molecular complexity index is 219. The van der Waals surface area contributed by atoms with E-state index >= 15 is 0 Å². The molecule has 0 aliphatic heterocycles. The largest absolute Gasteiger partial charge is 0.303 e. The van der Waals surface area contributed by atoms with Gasteiger partial charge >= 0.3 is 0 Å². The van der Waals surface area contributed by atoms with Crippen LogP contribution in [-0.2, 0) is 4.79 Å². The molecular formula is C10H14O. The summed E-state index contributed by atoms with van der Waals surface area (Å²) in [5, 5.41) is 0. The van der Waals surface area contributed by atoms with E-state index < -0.39 is 0 Å². The van der Waals surface area contributed by atoms with Gasteiger partial charge in [-0.2, -0.15) is 0 Å². The van der Waals surface area contributed by atoms with E-state index in [1.54, 1.807) is 0 Å². The highest BCUT2D eigenvalue weighted by Gasteiger charge is 2.50. The third-order valence-electron chi connectivity index (χ3n) is 3.79. The Morgan fingerprint density at radius 2 is 2.27 bits per heavy atom. The van der Waals surface area contributed by atoms with Crippen LogP contribution in [0.1, 0.15) is 20.3 Å². The van der Waals surface area contributed by atoms with Crippen molar-refractivity contribution in [3.05, 3.63) is 12.2 Å². The Kier molecular flexibility index (Phi) is 1.26. The van der Waals surface area contributed by atoms with Crippen LogP contribution >= 0.6 is 0 Å². The summed E-state index contributed by atoms with van der Waals surface area (Å²) in [5.74, 6) is 1.75. The Morgan fingerprint density at radius 3 is 2.64 bits per heavy atom. The fraction of sp³-hybridized carbons (Fsp3) is 0.700. The molecule has 1 saturated carbocycles. The van der Waals surface area contributed by atoms with Gasteiger partial charge in [-0.25, -0.2) is 0 Å². The minimum Gasteiger partial charge on any atom is -0.303 e. The predicted octanol–water partition coefficient (Wildman–Crippen LogP) is 2.03. The summed E-state index contributed by atoms with van der Waals surface area (Å²) in [6.07, 6.45) is 6.86. The molecule has 0 heterocycles. The summed E-state index contributed by atoms with van der Waals surface area (Å²) >= 11 is 0. The zero-order valence-electron chi connectivity index (χ0n) is 7.08. The van der Waals surface area contributed by atoms with Crippen LogP contribution in [0.5, 0.6) is 0 Å². The molecule has 0 radical (unpaired) electrons. The first-order valence-electron chi connectivity index (χ1n) is 4.33. The first-order valence-corrected chi connectivity index (χ1v) is 4.33. The lowest BCUT2D eigenvalue weighted by molar-refractivity contribution is -0.118. The summed E-state index contributed by atoms with van der Waals surface area (Å²) < 4.78 is 0. The summed E-state index contributed by atoms with van der Waals surface area (Å²) in [5.41, 5.74) is -0.0561. The molecule has 0 amide bonds. The van der Waals surface area contributed by atoms with Crippen LogP contribution < -0.4 is 0 Å². The second-order valence-corrected chi connectivity index (χ2v) is 4.16. The molecule has 0 aromatic rings. The second kappa shape index (κ2) is 1.96. The number of fused-ring (bicyclic) bond motifs is 2. The van der Waals surface area contributed by atoms with Gasteiger partial charge in [0.15, 0.2) is 0 Å². The Labute approximate surface area is 67.5 Å². The molecule has 2 aliphatic rings. The molecule has 2 rings (SSSR count). The lowest BCUT2D eigenvalue weighted by Crippen LogP contribution is -2.30. The Hall–Kier alpha value is -0.590. The molecule has 4 unspecified atom stereocenters. The van der Waals surface area contributed by atoms with E-state index in [1.807, 2.05) is 0 Å². The standard InChI is InChI=1S/C10H14O/c1-7-8-3-4-9(5-8)10(7,2)6-11/h3-4,6-9H,5H2,1-2H3. The van der Waals surface area contributed by atoms with E-state index in [0.29, 0.717) is 17.8 Å². The number of rotatable bonds is 1. The van der Waals surface area contributed by atoms with Gasteiger partial charge in [0, 0.05) is 5.41 Å². The fourth-order valence-electron chi connectivity index (χ4n) is 2.55. The SMILES string of the molecule is CC1C2C=CC(C2)C1(C)C=O. The van der Waals surface area contributed by atoms with Crippen LogP contribution in [-0.4, -0.2) is 6.29 Å². The van der Waals surface area contributed by atoms with Gasteiger partial charge in [0.2, 0.25) is 0 Å². The highest BCUT2D eigenvalue weighted by atomic mass is 16.1. The maximum atomic E-state index is 10.9. The average molecular weight is 150 g/mol.